The lowest BCUT2D eigenvalue weighted by atomic mass is 9.87. The number of carbonyl (C=O) groups excluding carboxylic acids is 1. The quantitative estimate of drug-likeness (QED) is 0.778. The Labute approximate surface area is 104 Å². The molecule has 0 saturated carbocycles. The molecule has 1 saturated heterocycles. The smallest absolute Gasteiger partial charge is 0.227 e. The van der Waals surface area contributed by atoms with Gasteiger partial charge in [0.25, 0.3) is 0 Å². The molecule has 0 radical (unpaired) electrons. The summed E-state index contributed by atoms with van der Waals surface area (Å²) in [7, 11) is 0. The first-order chi connectivity index (χ1) is 7.86. The second-order valence-corrected chi connectivity index (χ2v) is 5.90. The van der Waals surface area contributed by atoms with Crippen molar-refractivity contribution in [2.75, 3.05) is 19.8 Å². The summed E-state index contributed by atoms with van der Waals surface area (Å²) in [5.74, 6) is 0.0515. The molecular formula is C13H26N2O2. The van der Waals surface area contributed by atoms with Crippen LogP contribution in [0.2, 0.25) is 0 Å². The van der Waals surface area contributed by atoms with Crippen molar-refractivity contribution < 1.29 is 9.53 Å². The molecule has 2 N–H and O–H groups in total. The summed E-state index contributed by atoms with van der Waals surface area (Å²) in [6.45, 7) is 12.5. The zero-order valence-electron chi connectivity index (χ0n) is 11.7. The van der Waals surface area contributed by atoms with Crippen LogP contribution in [0.25, 0.3) is 0 Å². The highest BCUT2D eigenvalue weighted by atomic mass is 16.5. The van der Waals surface area contributed by atoms with Crippen LogP contribution in [0.15, 0.2) is 0 Å². The van der Waals surface area contributed by atoms with Crippen LogP contribution >= 0.6 is 0 Å². The highest BCUT2D eigenvalue weighted by molar-refractivity contribution is 5.80. The van der Waals surface area contributed by atoms with Gasteiger partial charge in [0.1, 0.15) is 0 Å². The highest BCUT2D eigenvalue weighted by Gasteiger charge is 2.35. The van der Waals surface area contributed by atoms with Crippen molar-refractivity contribution >= 4 is 5.91 Å². The van der Waals surface area contributed by atoms with E-state index in [4.69, 9.17) is 4.74 Å². The van der Waals surface area contributed by atoms with Crippen LogP contribution in [0.3, 0.4) is 0 Å². The van der Waals surface area contributed by atoms with Crippen molar-refractivity contribution in [1.82, 2.24) is 10.6 Å². The Kier molecular flexibility index (Phi) is 4.95. The molecule has 0 aromatic rings. The van der Waals surface area contributed by atoms with Crippen molar-refractivity contribution in [3.63, 3.8) is 0 Å². The summed E-state index contributed by atoms with van der Waals surface area (Å²) in [6.07, 6.45) is 0. The minimum Gasteiger partial charge on any atom is -0.379 e. The number of likely N-dealkylation sites (N-methyl/N-ethyl adjacent to an activating group) is 1. The monoisotopic (exact) mass is 242 g/mol. The molecular weight excluding hydrogens is 216 g/mol. The van der Waals surface area contributed by atoms with E-state index in [1.54, 1.807) is 0 Å². The Hall–Kier alpha value is -0.610. The van der Waals surface area contributed by atoms with Crippen LogP contribution in [0.4, 0.5) is 0 Å². The predicted molar refractivity (Wildman–Crippen MR) is 68.8 cm³/mol. The Morgan fingerprint density at radius 1 is 1.41 bits per heavy atom. The highest BCUT2D eigenvalue weighted by Crippen LogP contribution is 2.20. The Morgan fingerprint density at radius 2 is 2.06 bits per heavy atom. The standard InChI is InChI=1S/C13H26N2O2/c1-6-14-11-8-17-7-10(11)12(16)15-9(2)13(3,4)5/h9-11,14H,6-8H2,1-5H3,(H,15,16). The first kappa shape index (κ1) is 14.5. The fraction of sp³-hybridized carbons (Fsp3) is 0.923. The zero-order chi connectivity index (χ0) is 13.1. The largest absolute Gasteiger partial charge is 0.379 e. The number of amides is 1. The number of carbonyl (C=O) groups is 1. The van der Waals surface area contributed by atoms with E-state index < -0.39 is 0 Å². The van der Waals surface area contributed by atoms with E-state index >= 15 is 0 Å². The van der Waals surface area contributed by atoms with Gasteiger partial charge in [-0.05, 0) is 18.9 Å². The first-order valence-electron chi connectivity index (χ1n) is 6.47. The van der Waals surface area contributed by atoms with Gasteiger partial charge < -0.3 is 15.4 Å². The second-order valence-electron chi connectivity index (χ2n) is 5.90. The van der Waals surface area contributed by atoms with Gasteiger partial charge in [0.05, 0.1) is 19.1 Å². The molecule has 1 fully saturated rings. The van der Waals surface area contributed by atoms with Crippen LogP contribution in [0.5, 0.6) is 0 Å². The molecule has 0 aromatic carbocycles. The van der Waals surface area contributed by atoms with Crippen molar-refractivity contribution in [2.45, 2.75) is 46.7 Å². The molecule has 1 aliphatic rings. The lowest BCUT2D eigenvalue weighted by Crippen LogP contribution is -2.49. The average molecular weight is 242 g/mol. The summed E-state index contributed by atoms with van der Waals surface area (Å²) in [6, 6.07) is 0.324. The van der Waals surface area contributed by atoms with Gasteiger partial charge >= 0.3 is 0 Å². The Bertz CT molecular complexity index is 261. The predicted octanol–water partition coefficient (Wildman–Crippen LogP) is 1.16. The number of rotatable bonds is 4. The topological polar surface area (TPSA) is 50.4 Å². The van der Waals surface area contributed by atoms with Gasteiger partial charge in [-0.1, -0.05) is 27.7 Å². The maximum atomic E-state index is 12.2. The maximum absolute atomic E-state index is 12.2. The fourth-order valence-corrected chi connectivity index (χ4v) is 1.81. The Morgan fingerprint density at radius 3 is 2.59 bits per heavy atom. The normalized spacial score (nSPS) is 26.9. The molecule has 17 heavy (non-hydrogen) atoms. The number of hydrogen-bond donors (Lipinski definition) is 2. The van der Waals surface area contributed by atoms with E-state index in [1.165, 1.54) is 0 Å². The molecule has 100 valence electrons. The van der Waals surface area contributed by atoms with Gasteiger partial charge in [0.2, 0.25) is 5.91 Å². The van der Waals surface area contributed by atoms with Gasteiger partial charge in [0.15, 0.2) is 0 Å². The lowest BCUT2D eigenvalue weighted by molar-refractivity contribution is -0.126. The van der Waals surface area contributed by atoms with Crippen LogP contribution in [-0.2, 0) is 9.53 Å². The summed E-state index contributed by atoms with van der Waals surface area (Å²) < 4.78 is 5.39. The number of nitrogens with one attached hydrogen (secondary N) is 2. The van der Waals surface area contributed by atoms with E-state index in [2.05, 4.69) is 38.3 Å². The minimum atomic E-state index is -0.0558. The van der Waals surface area contributed by atoms with Crippen LogP contribution < -0.4 is 10.6 Å². The molecule has 4 nitrogen and oxygen atoms in total. The van der Waals surface area contributed by atoms with Crippen LogP contribution in [0.1, 0.15) is 34.6 Å². The van der Waals surface area contributed by atoms with Crippen molar-refractivity contribution in [3.8, 4) is 0 Å². The molecule has 0 aliphatic carbocycles. The van der Waals surface area contributed by atoms with Gasteiger partial charge in [-0.15, -0.1) is 0 Å². The number of ether oxygens (including phenoxy) is 1. The van der Waals surface area contributed by atoms with Crippen molar-refractivity contribution in [1.29, 1.82) is 0 Å². The average Bonchev–Trinajstić information content (AvgIpc) is 2.65. The molecule has 1 rings (SSSR count). The van der Waals surface area contributed by atoms with Crippen LogP contribution in [0, 0.1) is 11.3 Å². The second kappa shape index (κ2) is 5.83. The summed E-state index contributed by atoms with van der Waals surface area (Å²) >= 11 is 0. The molecule has 1 aliphatic heterocycles. The summed E-state index contributed by atoms with van der Waals surface area (Å²) in [5, 5.41) is 6.39. The van der Waals surface area contributed by atoms with Crippen LogP contribution in [-0.4, -0.2) is 37.7 Å². The molecule has 0 bridgehead atoms. The van der Waals surface area contributed by atoms with E-state index in [0.29, 0.717) is 13.2 Å². The van der Waals surface area contributed by atoms with Gasteiger partial charge in [-0.25, -0.2) is 0 Å². The SMILES string of the molecule is CCNC1COCC1C(=O)NC(C)C(C)(C)C. The van der Waals surface area contributed by atoms with E-state index in [9.17, 15) is 4.79 Å². The molecule has 1 heterocycles. The number of hydrogen-bond acceptors (Lipinski definition) is 3. The maximum Gasteiger partial charge on any atom is 0.227 e. The molecule has 3 unspecified atom stereocenters. The molecule has 4 heteroatoms. The lowest BCUT2D eigenvalue weighted by Gasteiger charge is -2.30. The van der Waals surface area contributed by atoms with E-state index in [1.807, 2.05) is 6.92 Å². The Balaban J connectivity index is 2.52. The molecule has 0 spiro atoms. The van der Waals surface area contributed by atoms with Gasteiger partial charge in [0, 0.05) is 12.1 Å². The fourth-order valence-electron chi connectivity index (χ4n) is 1.81. The zero-order valence-corrected chi connectivity index (χ0v) is 11.7. The molecule has 3 atom stereocenters. The third-order valence-electron chi connectivity index (χ3n) is 3.54. The third kappa shape index (κ3) is 3.96. The molecule has 0 aromatic heterocycles. The first-order valence-corrected chi connectivity index (χ1v) is 6.47. The van der Waals surface area contributed by atoms with E-state index in [0.717, 1.165) is 6.54 Å². The molecule has 1 amide bonds. The summed E-state index contributed by atoms with van der Waals surface area (Å²) in [4.78, 5) is 12.2. The minimum absolute atomic E-state index is 0.0558. The van der Waals surface area contributed by atoms with E-state index in [-0.39, 0.29) is 29.3 Å². The van der Waals surface area contributed by atoms with Gasteiger partial charge in [-0.3, -0.25) is 4.79 Å². The van der Waals surface area contributed by atoms with Crippen molar-refractivity contribution in [2.24, 2.45) is 11.3 Å². The summed E-state index contributed by atoms with van der Waals surface area (Å²) in [5.41, 5.74) is 0.0861. The third-order valence-corrected chi connectivity index (χ3v) is 3.54. The van der Waals surface area contributed by atoms with Crippen molar-refractivity contribution in [3.05, 3.63) is 0 Å². The van der Waals surface area contributed by atoms with Gasteiger partial charge in [-0.2, -0.15) is 0 Å².